The molecule has 45 heavy (non-hydrogen) atoms. The van der Waals surface area contributed by atoms with Crippen molar-refractivity contribution in [2.75, 3.05) is 6.61 Å². The molecule has 0 bridgehead atoms. The molecule has 1 aliphatic rings. The summed E-state index contributed by atoms with van der Waals surface area (Å²) in [6, 6.07) is 27.7. The molecule has 0 aliphatic carbocycles. The first kappa shape index (κ1) is 32.0. The Hall–Kier alpha value is -4.39. The van der Waals surface area contributed by atoms with Gasteiger partial charge < -0.3 is 28.8 Å². The van der Waals surface area contributed by atoms with Crippen LogP contribution < -0.4 is 16.0 Å². The maximum atomic E-state index is 13.2. The smallest absolute Gasteiger partial charge is 0.358 e. The Morgan fingerprint density at radius 3 is 2.24 bits per heavy atom. The Morgan fingerprint density at radius 2 is 1.62 bits per heavy atom. The molecule has 2 heterocycles. The third-order valence-electron chi connectivity index (χ3n) is 7.43. The molecule has 5 rings (SSSR count). The molecule has 0 saturated carbocycles. The Balaban J connectivity index is 1.57. The summed E-state index contributed by atoms with van der Waals surface area (Å²) in [7, 11) is 0. The predicted molar refractivity (Wildman–Crippen MR) is 171 cm³/mol. The molecular formula is C34H34N2O8S. The number of aromatic nitrogens is 2. The summed E-state index contributed by atoms with van der Waals surface area (Å²) in [4.78, 5) is 27.8. The van der Waals surface area contributed by atoms with Gasteiger partial charge in [0.15, 0.2) is 17.9 Å². The zero-order valence-corrected chi connectivity index (χ0v) is 25.4. The number of H-pyrrole nitrogens is 1. The number of aliphatic hydroxyl groups is 1. The number of benzene rings is 3. The maximum absolute atomic E-state index is 13.2. The Kier molecular flexibility index (Phi) is 10.4. The minimum Gasteiger partial charge on any atom is -0.446 e. The van der Waals surface area contributed by atoms with Crippen LogP contribution in [0.3, 0.4) is 0 Å². The molecule has 1 saturated heterocycles. The van der Waals surface area contributed by atoms with Gasteiger partial charge in [0.05, 0.1) is 19.8 Å². The van der Waals surface area contributed by atoms with E-state index >= 15 is 0 Å². The van der Waals surface area contributed by atoms with Gasteiger partial charge in [-0.2, -0.15) is 0 Å². The normalized spacial score (nSPS) is 21.6. The van der Waals surface area contributed by atoms with Crippen molar-refractivity contribution in [1.82, 2.24) is 9.55 Å². The van der Waals surface area contributed by atoms with E-state index in [4.69, 9.17) is 35.9 Å². The number of para-hydroxylation sites is 1. The third-order valence-corrected chi connectivity index (χ3v) is 7.61. The van der Waals surface area contributed by atoms with Crippen LogP contribution in [0, 0.1) is 6.92 Å². The van der Waals surface area contributed by atoms with Crippen molar-refractivity contribution in [3.8, 4) is 5.75 Å². The van der Waals surface area contributed by atoms with E-state index < -0.39 is 41.4 Å². The van der Waals surface area contributed by atoms with Crippen molar-refractivity contribution in [3.05, 3.63) is 147 Å². The second-order valence-corrected chi connectivity index (χ2v) is 10.9. The minimum atomic E-state index is -1.65. The van der Waals surface area contributed by atoms with Crippen LogP contribution in [0.15, 0.2) is 119 Å². The minimum absolute atomic E-state index is 0.0948. The number of ether oxygens (including phenoxy) is 5. The average molecular weight is 631 g/mol. The number of aromatic amines is 1. The fraction of sp³-hybridized carbons (Fsp3) is 0.265. The molecule has 0 radical (unpaired) electrons. The van der Waals surface area contributed by atoms with Crippen LogP contribution in [-0.2, 0) is 32.2 Å². The highest BCUT2D eigenvalue weighted by Gasteiger charge is 2.62. The van der Waals surface area contributed by atoms with Crippen molar-refractivity contribution in [1.29, 1.82) is 0 Å². The fourth-order valence-corrected chi connectivity index (χ4v) is 5.36. The number of thiocarbonyl (C=S) groups is 1. The molecular weight excluding hydrogens is 596 g/mol. The number of nitrogens with zero attached hydrogens (tertiary/aromatic N) is 1. The summed E-state index contributed by atoms with van der Waals surface area (Å²) in [6.45, 7) is 5.47. The Bertz CT molecular complexity index is 1700. The highest BCUT2D eigenvalue weighted by atomic mass is 32.1. The maximum Gasteiger partial charge on any atom is 0.358 e. The largest absolute Gasteiger partial charge is 0.446 e. The van der Waals surface area contributed by atoms with Gasteiger partial charge in [-0.15, -0.1) is 6.58 Å². The van der Waals surface area contributed by atoms with E-state index in [2.05, 4.69) is 11.6 Å². The first-order chi connectivity index (χ1) is 21.8. The molecule has 4 aromatic rings. The lowest BCUT2D eigenvalue weighted by Gasteiger charge is -2.37. The summed E-state index contributed by atoms with van der Waals surface area (Å²) in [6.07, 6.45) is -2.19. The van der Waals surface area contributed by atoms with Crippen molar-refractivity contribution < 1.29 is 28.8 Å². The molecule has 0 unspecified atom stereocenters. The van der Waals surface area contributed by atoms with E-state index in [9.17, 15) is 14.7 Å². The zero-order chi connectivity index (χ0) is 31.8. The van der Waals surface area contributed by atoms with E-state index in [0.29, 0.717) is 5.75 Å². The SMILES string of the molecule is C=C[C@@H](O)[C@@]1(COCc2ccccc2)O[C@@H](n2cc(C)c(=O)[nH]c2=O)[C@H](OC(=S)Oc2ccccc2)[C@@H]1OCc1ccccc1. The van der Waals surface area contributed by atoms with Crippen LogP contribution >= 0.6 is 12.2 Å². The van der Waals surface area contributed by atoms with E-state index in [1.165, 1.54) is 16.8 Å². The Morgan fingerprint density at radius 1 is 1.02 bits per heavy atom. The van der Waals surface area contributed by atoms with Crippen LogP contribution in [0.2, 0.25) is 0 Å². The first-order valence-electron chi connectivity index (χ1n) is 14.3. The van der Waals surface area contributed by atoms with Crippen LogP contribution in [0.25, 0.3) is 0 Å². The number of nitrogens with one attached hydrogen (secondary N) is 1. The molecule has 234 valence electrons. The Labute approximate surface area is 265 Å². The van der Waals surface area contributed by atoms with Crippen molar-refractivity contribution in [2.24, 2.45) is 0 Å². The first-order valence-corrected chi connectivity index (χ1v) is 14.7. The van der Waals surface area contributed by atoms with Crippen molar-refractivity contribution in [3.63, 3.8) is 0 Å². The molecule has 5 atom stereocenters. The number of aliphatic hydroxyl groups excluding tert-OH is 1. The predicted octanol–water partition coefficient (Wildman–Crippen LogP) is 4.21. The van der Waals surface area contributed by atoms with E-state index in [-0.39, 0.29) is 30.6 Å². The molecule has 1 aliphatic heterocycles. The summed E-state index contributed by atoms with van der Waals surface area (Å²) in [5, 5.41) is 11.3. The second kappa shape index (κ2) is 14.6. The standard InChI is InChI=1S/C34H34N2O8S/c1-3-27(37)34(22-40-20-24-13-7-4-8-14-24)29(41-21-25-15-9-5-10-16-25)28(43-33(45)42-26-17-11-6-12-18-26)31(44-34)36-19-23(2)30(38)35-32(36)39/h3-19,27-29,31,37H,1,20-22H2,2H3,(H,35,38,39)/t27-,28-,29+,31-,34-/m1/s1. The van der Waals surface area contributed by atoms with Gasteiger partial charge in [0.2, 0.25) is 0 Å². The summed E-state index contributed by atoms with van der Waals surface area (Å²) < 4.78 is 32.4. The number of hydrogen-bond acceptors (Lipinski definition) is 9. The molecule has 0 amide bonds. The van der Waals surface area contributed by atoms with Crippen LogP contribution in [0.1, 0.15) is 22.9 Å². The fourth-order valence-electron chi connectivity index (χ4n) is 5.15. The van der Waals surface area contributed by atoms with Gasteiger partial charge in [-0.3, -0.25) is 14.3 Å². The molecule has 1 aromatic heterocycles. The van der Waals surface area contributed by atoms with Crippen LogP contribution in [0.4, 0.5) is 0 Å². The van der Waals surface area contributed by atoms with E-state index in [0.717, 1.165) is 11.1 Å². The molecule has 1 fully saturated rings. The van der Waals surface area contributed by atoms with Gasteiger partial charge in [0.1, 0.15) is 18.0 Å². The van der Waals surface area contributed by atoms with Crippen molar-refractivity contribution in [2.45, 2.75) is 50.3 Å². The zero-order valence-electron chi connectivity index (χ0n) is 24.6. The number of hydrogen-bond donors (Lipinski definition) is 2. The second-order valence-electron chi connectivity index (χ2n) is 10.6. The molecule has 2 N–H and O–H groups in total. The van der Waals surface area contributed by atoms with Gasteiger partial charge >= 0.3 is 10.9 Å². The lowest BCUT2D eigenvalue weighted by atomic mass is 9.89. The molecule has 0 spiro atoms. The number of aryl methyl sites for hydroxylation is 1. The van der Waals surface area contributed by atoms with Crippen LogP contribution in [-0.4, -0.2) is 50.4 Å². The summed E-state index contributed by atoms with van der Waals surface area (Å²) in [5.74, 6) is 0.431. The topological polar surface area (TPSA) is 121 Å². The van der Waals surface area contributed by atoms with Crippen LogP contribution in [0.5, 0.6) is 5.75 Å². The highest BCUT2D eigenvalue weighted by Crippen LogP contribution is 2.44. The van der Waals surface area contributed by atoms with E-state index in [1.807, 2.05) is 66.7 Å². The van der Waals surface area contributed by atoms with Gasteiger partial charge in [-0.05, 0) is 30.2 Å². The van der Waals surface area contributed by atoms with Gasteiger partial charge in [-0.1, -0.05) is 84.9 Å². The monoisotopic (exact) mass is 630 g/mol. The third kappa shape index (κ3) is 7.47. The van der Waals surface area contributed by atoms with E-state index in [1.54, 1.807) is 31.2 Å². The highest BCUT2D eigenvalue weighted by molar-refractivity contribution is 7.79. The molecule has 11 heteroatoms. The average Bonchev–Trinajstić information content (AvgIpc) is 3.35. The molecule has 10 nitrogen and oxygen atoms in total. The summed E-state index contributed by atoms with van der Waals surface area (Å²) in [5.41, 5.74) is -0.956. The van der Waals surface area contributed by atoms with Crippen molar-refractivity contribution >= 4 is 17.5 Å². The van der Waals surface area contributed by atoms with Gasteiger partial charge in [-0.25, -0.2) is 4.79 Å². The number of rotatable bonds is 12. The summed E-state index contributed by atoms with van der Waals surface area (Å²) >= 11 is 5.49. The lowest BCUT2D eigenvalue weighted by Crippen LogP contribution is -2.56. The quantitative estimate of drug-likeness (QED) is 0.175. The van der Waals surface area contributed by atoms with Gasteiger partial charge in [0.25, 0.3) is 5.56 Å². The van der Waals surface area contributed by atoms with Gasteiger partial charge in [0, 0.05) is 24.0 Å². The molecule has 3 aromatic carbocycles. The lowest BCUT2D eigenvalue weighted by molar-refractivity contribution is -0.193.